The molecule has 5 heteroatoms. The number of amides is 1. The molecular weight excluding hydrogens is 242 g/mol. The number of benzene rings is 1. The molecule has 1 aromatic carbocycles. The fourth-order valence-electron chi connectivity index (χ4n) is 1.69. The van der Waals surface area contributed by atoms with E-state index < -0.39 is 0 Å². The number of aromatic nitrogens is 1. The normalized spacial score (nSPS) is 11.9. The van der Waals surface area contributed by atoms with Crippen LogP contribution in [0, 0.1) is 0 Å². The molecule has 0 fully saturated rings. The Morgan fingerprint density at radius 3 is 2.79 bits per heavy atom. The summed E-state index contributed by atoms with van der Waals surface area (Å²) in [4.78, 5) is 25.6. The second-order valence-electron chi connectivity index (χ2n) is 4.31. The van der Waals surface area contributed by atoms with Crippen molar-refractivity contribution in [2.24, 2.45) is 5.73 Å². The van der Waals surface area contributed by atoms with Gasteiger partial charge >= 0.3 is 0 Å². The van der Waals surface area contributed by atoms with Crippen LogP contribution in [0.25, 0.3) is 0 Å². The number of anilines is 1. The summed E-state index contributed by atoms with van der Waals surface area (Å²) in [5.41, 5.74) is 7.38. The summed E-state index contributed by atoms with van der Waals surface area (Å²) >= 11 is 0. The standard InChI is InChI=1S/C14H15N3O2/c1-9(15)10-3-2-4-12(7-10)17-14(19)11-5-6-16-13(18)8-11/h2-9H,15H2,1H3,(H,16,18)(H,17,19). The van der Waals surface area contributed by atoms with E-state index in [9.17, 15) is 9.59 Å². The SMILES string of the molecule is CC(N)c1cccc(NC(=O)c2cc[nH]c(=O)c2)c1. The van der Waals surface area contributed by atoms with E-state index in [1.165, 1.54) is 12.3 Å². The Morgan fingerprint density at radius 1 is 1.32 bits per heavy atom. The molecule has 5 nitrogen and oxygen atoms in total. The van der Waals surface area contributed by atoms with Crippen molar-refractivity contribution in [2.75, 3.05) is 5.32 Å². The maximum atomic E-state index is 12.0. The quantitative estimate of drug-likeness (QED) is 0.781. The average molecular weight is 257 g/mol. The first kappa shape index (κ1) is 13.0. The van der Waals surface area contributed by atoms with E-state index in [1.54, 1.807) is 12.1 Å². The van der Waals surface area contributed by atoms with Gasteiger partial charge in [0.05, 0.1) is 0 Å². The van der Waals surface area contributed by atoms with Crippen molar-refractivity contribution in [3.8, 4) is 0 Å². The zero-order chi connectivity index (χ0) is 13.8. The van der Waals surface area contributed by atoms with Crippen molar-refractivity contribution < 1.29 is 4.79 Å². The fourth-order valence-corrected chi connectivity index (χ4v) is 1.69. The number of hydrogen-bond acceptors (Lipinski definition) is 3. The lowest BCUT2D eigenvalue weighted by Crippen LogP contribution is -2.16. The minimum atomic E-state index is -0.326. The predicted molar refractivity (Wildman–Crippen MR) is 74.1 cm³/mol. The van der Waals surface area contributed by atoms with Crippen LogP contribution < -0.4 is 16.6 Å². The number of nitrogens with one attached hydrogen (secondary N) is 2. The van der Waals surface area contributed by atoms with Crippen LogP contribution in [0.1, 0.15) is 28.9 Å². The number of pyridine rings is 1. The number of H-pyrrole nitrogens is 1. The molecule has 1 heterocycles. The van der Waals surface area contributed by atoms with Crippen LogP contribution in [0.3, 0.4) is 0 Å². The smallest absolute Gasteiger partial charge is 0.255 e. The third-order valence-corrected chi connectivity index (χ3v) is 2.71. The lowest BCUT2D eigenvalue weighted by atomic mass is 10.1. The monoisotopic (exact) mass is 257 g/mol. The second kappa shape index (κ2) is 5.49. The van der Waals surface area contributed by atoms with Gasteiger partial charge in [-0.15, -0.1) is 0 Å². The van der Waals surface area contributed by atoms with Crippen molar-refractivity contribution in [3.05, 3.63) is 64.1 Å². The van der Waals surface area contributed by atoms with E-state index >= 15 is 0 Å². The van der Waals surface area contributed by atoms with Gasteiger partial charge in [-0.2, -0.15) is 0 Å². The van der Waals surface area contributed by atoms with E-state index in [-0.39, 0.29) is 17.5 Å². The molecule has 2 rings (SSSR count). The van der Waals surface area contributed by atoms with Crippen LogP contribution in [0.4, 0.5) is 5.69 Å². The summed E-state index contributed by atoms with van der Waals surface area (Å²) in [7, 11) is 0. The molecule has 4 N–H and O–H groups in total. The molecule has 19 heavy (non-hydrogen) atoms. The first-order valence-electron chi connectivity index (χ1n) is 5.92. The highest BCUT2D eigenvalue weighted by Gasteiger charge is 2.07. The van der Waals surface area contributed by atoms with E-state index in [2.05, 4.69) is 10.3 Å². The summed E-state index contributed by atoms with van der Waals surface area (Å²) in [6.07, 6.45) is 1.44. The van der Waals surface area contributed by atoms with Crippen molar-refractivity contribution in [1.29, 1.82) is 0 Å². The van der Waals surface area contributed by atoms with Gasteiger partial charge in [0.15, 0.2) is 0 Å². The molecule has 0 aliphatic rings. The Bertz CT molecular complexity index is 647. The molecular formula is C14H15N3O2. The minimum Gasteiger partial charge on any atom is -0.329 e. The molecule has 0 spiro atoms. The van der Waals surface area contributed by atoms with Gasteiger partial charge in [0.1, 0.15) is 0 Å². The van der Waals surface area contributed by atoms with Gasteiger partial charge in [-0.25, -0.2) is 0 Å². The van der Waals surface area contributed by atoms with Gasteiger partial charge in [-0.1, -0.05) is 12.1 Å². The van der Waals surface area contributed by atoms with Gasteiger partial charge in [-0.05, 0) is 30.7 Å². The second-order valence-corrected chi connectivity index (χ2v) is 4.31. The van der Waals surface area contributed by atoms with Gasteiger partial charge in [0, 0.05) is 29.6 Å². The third kappa shape index (κ3) is 3.29. The van der Waals surface area contributed by atoms with Crippen molar-refractivity contribution in [1.82, 2.24) is 4.98 Å². The van der Waals surface area contributed by atoms with Gasteiger partial charge in [-0.3, -0.25) is 9.59 Å². The number of rotatable bonds is 3. The van der Waals surface area contributed by atoms with Gasteiger partial charge in [0.25, 0.3) is 5.91 Å². The summed E-state index contributed by atoms with van der Waals surface area (Å²) in [5, 5.41) is 2.73. The Morgan fingerprint density at radius 2 is 2.11 bits per heavy atom. The molecule has 1 aromatic heterocycles. The van der Waals surface area contributed by atoms with Crippen LogP contribution in [0.5, 0.6) is 0 Å². The van der Waals surface area contributed by atoms with Crippen LogP contribution in [0.2, 0.25) is 0 Å². The summed E-state index contributed by atoms with van der Waals surface area (Å²) in [6, 6.07) is 10.0. The summed E-state index contributed by atoms with van der Waals surface area (Å²) in [5.74, 6) is -0.326. The molecule has 0 bridgehead atoms. The molecule has 1 atom stereocenters. The number of aromatic amines is 1. The molecule has 0 aliphatic carbocycles. The van der Waals surface area contributed by atoms with Crippen molar-refractivity contribution in [2.45, 2.75) is 13.0 Å². The predicted octanol–water partition coefficient (Wildman–Crippen LogP) is 1.65. The maximum Gasteiger partial charge on any atom is 0.255 e. The Hall–Kier alpha value is -2.40. The molecule has 0 saturated heterocycles. The molecule has 2 aromatic rings. The van der Waals surface area contributed by atoms with E-state index in [0.717, 1.165) is 5.56 Å². The molecule has 1 amide bonds. The average Bonchev–Trinajstić information content (AvgIpc) is 2.39. The maximum absolute atomic E-state index is 12.0. The summed E-state index contributed by atoms with van der Waals surface area (Å²) < 4.78 is 0. The number of carbonyl (C=O) groups is 1. The molecule has 0 aliphatic heterocycles. The highest BCUT2D eigenvalue weighted by molar-refractivity contribution is 6.04. The van der Waals surface area contributed by atoms with Crippen molar-refractivity contribution >= 4 is 11.6 Å². The summed E-state index contributed by atoms with van der Waals surface area (Å²) in [6.45, 7) is 1.87. The highest BCUT2D eigenvalue weighted by atomic mass is 16.2. The molecule has 1 unspecified atom stereocenters. The van der Waals surface area contributed by atoms with Crippen LogP contribution in [-0.4, -0.2) is 10.9 Å². The van der Waals surface area contributed by atoms with Crippen LogP contribution in [-0.2, 0) is 0 Å². The Balaban J connectivity index is 2.19. The lowest BCUT2D eigenvalue weighted by Gasteiger charge is -2.09. The fraction of sp³-hybridized carbons (Fsp3) is 0.143. The topological polar surface area (TPSA) is 88.0 Å². The number of carbonyl (C=O) groups excluding carboxylic acids is 1. The van der Waals surface area contributed by atoms with E-state index in [0.29, 0.717) is 11.3 Å². The van der Waals surface area contributed by atoms with Crippen LogP contribution in [0.15, 0.2) is 47.4 Å². The molecule has 0 radical (unpaired) electrons. The number of hydrogen-bond donors (Lipinski definition) is 3. The number of nitrogens with two attached hydrogens (primary N) is 1. The highest BCUT2D eigenvalue weighted by Crippen LogP contribution is 2.16. The zero-order valence-electron chi connectivity index (χ0n) is 10.5. The molecule has 0 saturated carbocycles. The first-order valence-corrected chi connectivity index (χ1v) is 5.92. The van der Waals surface area contributed by atoms with Gasteiger partial charge in [0.2, 0.25) is 5.56 Å². The van der Waals surface area contributed by atoms with E-state index in [1.807, 2.05) is 25.1 Å². The molecule has 98 valence electrons. The van der Waals surface area contributed by atoms with Gasteiger partial charge < -0.3 is 16.0 Å². The largest absolute Gasteiger partial charge is 0.329 e. The van der Waals surface area contributed by atoms with E-state index in [4.69, 9.17) is 5.73 Å². The zero-order valence-corrected chi connectivity index (χ0v) is 10.5. The Kier molecular flexibility index (Phi) is 3.77. The van der Waals surface area contributed by atoms with Crippen LogP contribution >= 0.6 is 0 Å². The first-order chi connectivity index (χ1) is 9.06. The minimum absolute atomic E-state index is 0.101. The third-order valence-electron chi connectivity index (χ3n) is 2.71. The van der Waals surface area contributed by atoms with Crippen molar-refractivity contribution in [3.63, 3.8) is 0 Å². The Labute approximate surface area is 110 Å². The lowest BCUT2D eigenvalue weighted by molar-refractivity contribution is 0.102.